The molecule has 9 nitrogen and oxygen atoms in total. The van der Waals surface area contributed by atoms with Crippen molar-refractivity contribution in [2.24, 2.45) is 0 Å². The lowest BCUT2D eigenvalue weighted by Gasteiger charge is -2.14. The molecule has 0 fully saturated rings. The Kier molecular flexibility index (Phi) is 4.36. The van der Waals surface area contributed by atoms with Crippen molar-refractivity contribution in [2.75, 3.05) is 11.9 Å². The highest BCUT2D eigenvalue weighted by molar-refractivity contribution is 5.96. The molecular weight excluding hydrogens is 398 g/mol. The molecule has 0 aliphatic heterocycles. The first kappa shape index (κ1) is 18.7. The van der Waals surface area contributed by atoms with Gasteiger partial charge in [-0.05, 0) is 29.2 Å². The number of aryl methyl sites for hydroxylation is 1. The van der Waals surface area contributed by atoms with Crippen LogP contribution in [0.25, 0.3) is 16.8 Å². The Bertz CT molecular complexity index is 1300. The van der Waals surface area contributed by atoms with Crippen molar-refractivity contribution in [1.29, 1.82) is 0 Å². The van der Waals surface area contributed by atoms with E-state index in [4.69, 9.17) is 4.74 Å². The van der Waals surface area contributed by atoms with E-state index in [1.54, 1.807) is 6.92 Å². The number of benzene rings is 2. The molecule has 154 valence electrons. The van der Waals surface area contributed by atoms with Crippen molar-refractivity contribution in [3.8, 4) is 11.1 Å². The summed E-state index contributed by atoms with van der Waals surface area (Å²) in [5.41, 5.74) is 4.80. The molecular formula is C22H17N5O4. The highest BCUT2D eigenvalue weighted by Gasteiger charge is 2.29. The first-order valence-electron chi connectivity index (χ1n) is 9.60. The quantitative estimate of drug-likeness (QED) is 0.524. The van der Waals surface area contributed by atoms with Crippen LogP contribution in [0.5, 0.6) is 0 Å². The molecule has 9 heteroatoms. The normalized spacial score (nSPS) is 12.4. The molecule has 2 heterocycles. The number of rotatable bonds is 4. The Balaban J connectivity index is 1.37. The zero-order valence-corrected chi connectivity index (χ0v) is 16.4. The summed E-state index contributed by atoms with van der Waals surface area (Å²) in [6.45, 7) is 1.70. The van der Waals surface area contributed by atoms with Gasteiger partial charge in [0.25, 0.3) is 0 Å². The van der Waals surface area contributed by atoms with Gasteiger partial charge >= 0.3 is 12.1 Å². The third-order valence-electron chi connectivity index (χ3n) is 5.37. The maximum Gasteiger partial charge on any atom is 0.414 e. The number of hydrogen-bond acceptors (Lipinski definition) is 6. The maximum absolute atomic E-state index is 12.5. The van der Waals surface area contributed by atoms with Crippen molar-refractivity contribution < 1.29 is 19.4 Å². The second-order valence-corrected chi connectivity index (χ2v) is 7.15. The van der Waals surface area contributed by atoms with Crippen LogP contribution in [0.3, 0.4) is 0 Å². The number of carbonyl (C=O) groups excluding carboxylic acids is 1. The zero-order valence-electron chi connectivity index (χ0n) is 16.4. The summed E-state index contributed by atoms with van der Waals surface area (Å²) in [6.07, 6.45) is 0.453. The van der Waals surface area contributed by atoms with E-state index >= 15 is 0 Å². The van der Waals surface area contributed by atoms with E-state index in [1.165, 1.54) is 10.8 Å². The van der Waals surface area contributed by atoms with Crippen LogP contribution in [-0.2, 0) is 4.74 Å². The van der Waals surface area contributed by atoms with Crippen molar-refractivity contribution in [2.45, 2.75) is 12.8 Å². The third-order valence-corrected chi connectivity index (χ3v) is 5.37. The molecule has 2 aromatic heterocycles. The van der Waals surface area contributed by atoms with E-state index in [0.717, 1.165) is 22.3 Å². The van der Waals surface area contributed by atoms with Crippen molar-refractivity contribution in [3.63, 3.8) is 0 Å². The summed E-state index contributed by atoms with van der Waals surface area (Å²) in [5.74, 6) is -1.20. The highest BCUT2D eigenvalue weighted by Crippen LogP contribution is 2.44. The van der Waals surface area contributed by atoms with Gasteiger partial charge in [-0.25, -0.2) is 19.6 Å². The van der Waals surface area contributed by atoms with Gasteiger partial charge in [-0.1, -0.05) is 48.5 Å². The average molecular weight is 415 g/mol. The predicted molar refractivity (Wildman–Crippen MR) is 111 cm³/mol. The van der Waals surface area contributed by atoms with Gasteiger partial charge in [0.2, 0.25) is 5.95 Å². The van der Waals surface area contributed by atoms with E-state index in [2.05, 4.69) is 32.5 Å². The second kappa shape index (κ2) is 7.21. The van der Waals surface area contributed by atoms with Crippen molar-refractivity contribution in [1.82, 2.24) is 19.6 Å². The molecule has 4 aromatic rings. The Morgan fingerprint density at radius 3 is 2.35 bits per heavy atom. The summed E-state index contributed by atoms with van der Waals surface area (Å²) in [6, 6.07) is 16.1. The predicted octanol–water partition coefficient (Wildman–Crippen LogP) is 3.49. The second-order valence-electron chi connectivity index (χ2n) is 7.15. The summed E-state index contributed by atoms with van der Waals surface area (Å²) in [4.78, 5) is 31.9. The molecule has 0 spiro atoms. The fourth-order valence-corrected chi connectivity index (χ4v) is 4.04. The Morgan fingerprint density at radius 1 is 1.06 bits per heavy atom. The van der Waals surface area contributed by atoms with E-state index in [9.17, 15) is 14.7 Å². The van der Waals surface area contributed by atoms with E-state index in [-0.39, 0.29) is 35.4 Å². The number of nitrogens with zero attached hydrogens (tertiary/aromatic N) is 4. The van der Waals surface area contributed by atoms with Crippen LogP contribution >= 0.6 is 0 Å². The number of amides is 1. The van der Waals surface area contributed by atoms with Gasteiger partial charge in [-0.3, -0.25) is 5.32 Å². The molecule has 0 radical (unpaired) electrons. The zero-order chi connectivity index (χ0) is 21.5. The minimum absolute atomic E-state index is 0.0258. The molecule has 31 heavy (non-hydrogen) atoms. The van der Waals surface area contributed by atoms with E-state index in [0.29, 0.717) is 0 Å². The number of nitrogens with one attached hydrogen (secondary N) is 1. The molecule has 0 saturated carbocycles. The van der Waals surface area contributed by atoms with Gasteiger partial charge in [0, 0.05) is 5.92 Å². The van der Waals surface area contributed by atoms with Gasteiger partial charge in [-0.2, -0.15) is 9.61 Å². The molecule has 2 N–H and O–H groups in total. The van der Waals surface area contributed by atoms with Gasteiger partial charge in [-0.15, -0.1) is 0 Å². The van der Waals surface area contributed by atoms with Crippen LogP contribution < -0.4 is 5.32 Å². The van der Waals surface area contributed by atoms with E-state index in [1.807, 2.05) is 36.4 Å². The molecule has 0 bridgehead atoms. The number of carboxylic acids is 1. The van der Waals surface area contributed by atoms with Gasteiger partial charge in [0.1, 0.15) is 18.5 Å². The molecule has 0 unspecified atom stereocenters. The van der Waals surface area contributed by atoms with Crippen LogP contribution in [0.1, 0.15) is 33.1 Å². The lowest BCUT2D eigenvalue weighted by atomic mass is 9.98. The molecule has 1 aliphatic carbocycles. The lowest BCUT2D eigenvalue weighted by molar-refractivity contribution is 0.0698. The summed E-state index contributed by atoms with van der Waals surface area (Å²) in [7, 11) is 0. The van der Waals surface area contributed by atoms with Gasteiger partial charge in [0.15, 0.2) is 5.65 Å². The first-order chi connectivity index (χ1) is 15.0. The largest absolute Gasteiger partial charge is 0.477 e. The molecule has 1 aliphatic rings. The van der Waals surface area contributed by atoms with Crippen molar-refractivity contribution in [3.05, 3.63) is 77.2 Å². The highest BCUT2D eigenvalue weighted by atomic mass is 16.5. The molecule has 0 atom stereocenters. The third kappa shape index (κ3) is 3.07. The molecule has 1 amide bonds. The first-order valence-corrected chi connectivity index (χ1v) is 9.60. The summed E-state index contributed by atoms with van der Waals surface area (Å²) in [5, 5.41) is 16.0. The Labute approximate surface area is 176 Å². The standard InChI is InChI=1S/C22H17N5O4/c1-12-18(20(28)29)19-23-11-24-21(27(19)26-12)25-22(30)31-10-17-15-8-4-2-6-13(15)14-7-3-5-9-16(14)17/h2-9,11,17H,10H2,1H3,(H,28,29)(H,23,24,25,30). The Morgan fingerprint density at radius 2 is 1.71 bits per heavy atom. The molecule has 0 saturated heterocycles. The number of carbonyl (C=O) groups is 2. The number of ether oxygens (including phenoxy) is 1. The summed E-state index contributed by atoms with van der Waals surface area (Å²) < 4.78 is 6.69. The molecule has 5 rings (SSSR count). The van der Waals surface area contributed by atoms with Crippen LogP contribution in [-0.4, -0.2) is 43.4 Å². The fraction of sp³-hybridized carbons (Fsp3) is 0.136. The number of carboxylic acid groups (broad SMARTS) is 1. The lowest BCUT2D eigenvalue weighted by Crippen LogP contribution is -2.20. The number of fused-ring (bicyclic) bond motifs is 4. The van der Waals surface area contributed by atoms with Crippen molar-refractivity contribution >= 4 is 23.7 Å². The topological polar surface area (TPSA) is 119 Å². The summed E-state index contributed by atoms with van der Waals surface area (Å²) >= 11 is 0. The Hall–Kier alpha value is -4.27. The minimum Gasteiger partial charge on any atom is -0.477 e. The average Bonchev–Trinajstić information content (AvgIpc) is 3.27. The number of aromatic nitrogens is 4. The number of anilines is 1. The number of hydrogen-bond donors (Lipinski definition) is 2. The van der Waals surface area contributed by atoms with Crippen LogP contribution in [0.2, 0.25) is 0 Å². The minimum atomic E-state index is -1.15. The van der Waals surface area contributed by atoms with Gasteiger partial charge < -0.3 is 9.84 Å². The van der Waals surface area contributed by atoms with E-state index < -0.39 is 12.1 Å². The fourth-order valence-electron chi connectivity index (χ4n) is 4.04. The molecule has 2 aromatic carbocycles. The van der Waals surface area contributed by atoms with Gasteiger partial charge in [0.05, 0.1) is 5.69 Å². The van der Waals surface area contributed by atoms with Crippen LogP contribution in [0, 0.1) is 6.92 Å². The van der Waals surface area contributed by atoms with Crippen LogP contribution in [0.4, 0.5) is 10.7 Å². The SMILES string of the molecule is Cc1nn2c(NC(=O)OCC3c4ccccc4-c4ccccc43)ncnc2c1C(=O)O. The number of aromatic carboxylic acids is 1. The smallest absolute Gasteiger partial charge is 0.414 e. The maximum atomic E-state index is 12.5. The monoisotopic (exact) mass is 415 g/mol. The van der Waals surface area contributed by atoms with Crippen LogP contribution in [0.15, 0.2) is 54.9 Å².